The minimum Gasteiger partial charge on any atom is -0.266 e. The molecule has 1 aromatic heterocycles. The average molecular weight is 215 g/mol. The summed E-state index contributed by atoms with van der Waals surface area (Å²) in [7, 11) is -1.27. The van der Waals surface area contributed by atoms with Gasteiger partial charge < -0.3 is 0 Å². The number of aromatic nitrogens is 3. The largest absolute Gasteiger partial charge is 0.266 e. The molecular formula is C11H13N3Si. The number of nitrogens with zero attached hydrogens (tertiary/aromatic N) is 2. The Kier molecular flexibility index (Phi) is 3.09. The maximum Gasteiger partial charge on any atom is 0.156 e. The van der Waals surface area contributed by atoms with E-state index in [1.807, 2.05) is 12.1 Å². The van der Waals surface area contributed by atoms with E-state index in [1.54, 1.807) is 6.33 Å². The Morgan fingerprint density at radius 1 is 1.33 bits per heavy atom. The molecule has 0 spiro atoms. The third kappa shape index (κ3) is 2.22. The van der Waals surface area contributed by atoms with Crippen molar-refractivity contribution < 1.29 is 0 Å². The van der Waals surface area contributed by atoms with Crippen molar-refractivity contribution in [3.8, 4) is 0 Å². The lowest BCUT2D eigenvalue weighted by molar-refractivity contribution is 1.11. The number of rotatable bonds is 4. The van der Waals surface area contributed by atoms with Crippen LogP contribution in [0.25, 0.3) is 0 Å². The van der Waals surface area contributed by atoms with Crippen molar-refractivity contribution in [2.24, 2.45) is 0 Å². The molecule has 0 fully saturated rings. The van der Waals surface area contributed by atoms with Crippen LogP contribution in [0.4, 0.5) is 0 Å². The van der Waals surface area contributed by atoms with Crippen molar-refractivity contribution in [3.05, 3.63) is 49.3 Å². The van der Waals surface area contributed by atoms with E-state index in [9.17, 15) is 0 Å². The third-order valence-corrected chi connectivity index (χ3v) is 5.25. The molecule has 2 aromatic rings. The number of hydrogen-bond donors (Lipinski definition) is 1. The molecule has 0 amide bonds. The zero-order valence-electron chi connectivity index (χ0n) is 8.43. The number of allylic oxidation sites excluding steroid dienone is 1. The summed E-state index contributed by atoms with van der Waals surface area (Å²) in [4.78, 5) is 4.26. The van der Waals surface area contributed by atoms with Crippen molar-refractivity contribution in [3.63, 3.8) is 0 Å². The van der Waals surface area contributed by atoms with Crippen molar-refractivity contribution in [1.82, 2.24) is 15.2 Å². The van der Waals surface area contributed by atoms with Crippen molar-refractivity contribution >= 4 is 19.4 Å². The van der Waals surface area contributed by atoms with E-state index in [0.717, 1.165) is 11.5 Å². The molecular weight excluding hydrogens is 202 g/mol. The van der Waals surface area contributed by atoms with Gasteiger partial charge in [-0.2, -0.15) is 5.10 Å². The van der Waals surface area contributed by atoms with Gasteiger partial charge in [0.15, 0.2) is 8.80 Å². The van der Waals surface area contributed by atoms with Crippen LogP contribution in [0.1, 0.15) is 0 Å². The minimum atomic E-state index is -1.27. The summed E-state index contributed by atoms with van der Waals surface area (Å²) in [6.45, 7) is 3.80. The van der Waals surface area contributed by atoms with E-state index >= 15 is 0 Å². The first-order valence-electron chi connectivity index (χ1n) is 4.93. The van der Waals surface area contributed by atoms with Gasteiger partial charge in [0.25, 0.3) is 0 Å². The Balaban J connectivity index is 2.32. The lowest BCUT2D eigenvalue weighted by Gasteiger charge is -2.09. The maximum absolute atomic E-state index is 4.26. The van der Waals surface area contributed by atoms with Crippen molar-refractivity contribution in [1.29, 1.82) is 0 Å². The normalized spacial score (nSPS) is 12.3. The van der Waals surface area contributed by atoms with Gasteiger partial charge in [-0.3, -0.25) is 5.10 Å². The lowest BCUT2D eigenvalue weighted by Crippen LogP contribution is -2.43. The van der Waals surface area contributed by atoms with Crippen LogP contribution >= 0.6 is 0 Å². The Morgan fingerprint density at radius 3 is 2.73 bits per heavy atom. The molecule has 0 saturated carbocycles. The fourth-order valence-electron chi connectivity index (χ4n) is 1.63. The van der Waals surface area contributed by atoms with Gasteiger partial charge in [-0.1, -0.05) is 41.6 Å². The highest BCUT2D eigenvalue weighted by atomic mass is 28.3. The standard InChI is InChI=1S/C11H13N3Si/c1-2-8-15(11-12-9-13-14-11)10-6-4-3-5-7-10/h2-7,9,15H,1,8H2,(H,12,13,14). The summed E-state index contributed by atoms with van der Waals surface area (Å²) >= 11 is 0. The third-order valence-electron chi connectivity index (χ3n) is 2.35. The van der Waals surface area contributed by atoms with Crippen LogP contribution in [-0.2, 0) is 0 Å². The van der Waals surface area contributed by atoms with Crippen molar-refractivity contribution in [2.45, 2.75) is 6.04 Å². The highest BCUT2D eigenvalue weighted by Crippen LogP contribution is 1.94. The molecule has 1 unspecified atom stereocenters. The predicted molar refractivity (Wildman–Crippen MR) is 64.2 cm³/mol. The zero-order valence-corrected chi connectivity index (χ0v) is 9.58. The van der Waals surface area contributed by atoms with E-state index in [-0.39, 0.29) is 0 Å². The molecule has 0 aliphatic rings. The molecule has 1 N–H and O–H groups in total. The molecule has 0 aliphatic heterocycles. The van der Waals surface area contributed by atoms with Crippen LogP contribution in [0.2, 0.25) is 6.04 Å². The lowest BCUT2D eigenvalue weighted by atomic mass is 10.4. The smallest absolute Gasteiger partial charge is 0.156 e. The van der Waals surface area contributed by atoms with Gasteiger partial charge in [-0.05, 0) is 6.04 Å². The molecule has 0 saturated heterocycles. The molecule has 0 bridgehead atoms. The molecule has 3 nitrogen and oxygen atoms in total. The summed E-state index contributed by atoms with van der Waals surface area (Å²) in [5, 5.41) is 8.33. The molecule has 1 aromatic carbocycles. The summed E-state index contributed by atoms with van der Waals surface area (Å²) in [6, 6.07) is 11.4. The number of benzene rings is 1. The van der Waals surface area contributed by atoms with Gasteiger partial charge in [0.1, 0.15) is 11.8 Å². The fourth-order valence-corrected chi connectivity index (χ4v) is 3.92. The SMILES string of the molecule is C=CC[SiH](c1ccccc1)c1nc[nH]n1. The van der Waals surface area contributed by atoms with Crippen LogP contribution in [0, 0.1) is 0 Å². The maximum atomic E-state index is 4.26. The molecule has 0 radical (unpaired) electrons. The minimum absolute atomic E-state index is 0.959. The van der Waals surface area contributed by atoms with E-state index in [1.165, 1.54) is 5.19 Å². The van der Waals surface area contributed by atoms with Gasteiger partial charge in [-0.25, -0.2) is 4.98 Å². The van der Waals surface area contributed by atoms with Crippen LogP contribution < -0.4 is 10.6 Å². The van der Waals surface area contributed by atoms with Gasteiger partial charge in [0.2, 0.25) is 0 Å². The molecule has 1 atom stereocenters. The summed E-state index contributed by atoms with van der Waals surface area (Å²) in [6.07, 6.45) is 3.60. The second-order valence-corrected chi connectivity index (χ2v) is 6.10. The molecule has 76 valence electrons. The molecule has 1 heterocycles. The van der Waals surface area contributed by atoms with E-state index in [2.05, 4.69) is 46.0 Å². The number of nitrogens with one attached hydrogen (secondary N) is 1. The summed E-state index contributed by atoms with van der Waals surface area (Å²) in [5.74, 6) is 0. The van der Waals surface area contributed by atoms with Crippen LogP contribution in [0.5, 0.6) is 0 Å². The first kappa shape index (κ1) is 9.86. The molecule has 4 heteroatoms. The van der Waals surface area contributed by atoms with Crippen molar-refractivity contribution in [2.75, 3.05) is 0 Å². The number of H-pyrrole nitrogens is 1. The Morgan fingerprint density at radius 2 is 2.13 bits per heavy atom. The van der Waals surface area contributed by atoms with Crippen LogP contribution in [-0.4, -0.2) is 24.0 Å². The second-order valence-electron chi connectivity index (χ2n) is 3.34. The topological polar surface area (TPSA) is 41.6 Å². The Hall–Kier alpha value is -1.68. The molecule has 15 heavy (non-hydrogen) atoms. The van der Waals surface area contributed by atoms with Gasteiger partial charge in [0, 0.05) is 0 Å². The first-order chi connectivity index (χ1) is 7.42. The Labute approximate surface area is 90.5 Å². The van der Waals surface area contributed by atoms with Gasteiger partial charge in [0.05, 0.1) is 0 Å². The first-order valence-corrected chi connectivity index (χ1v) is 6.90. The Bertz CT molecular complexity index is 411. The quantitative estimate of drug-likeness (QED) is 0.590. The second kappa shape index (κ2) is 4.70. The zero-order chi connectivity index (χ0) is 10.5. The molecule has 0 aliphatic carbocycles. The van der Waals surface area contributed by atoms with E-state index < -0.39 is 8.80 Å². The van der Waals surface area contributed by atoms with Crippen LogP contribution in [0.3, 0.4) is 0 Å². The molecule has 2 rings (SSSR count). The average Bonchev–Trinajstić information content (AvgIpc) is 2.80. The van der Waals surface area contributed by atoms with Crippen LogP contribution in [0.15, 0.2) is 49.3 Å². The van der Waals surface area contributed by atoms with E-state index in [4.69, 9.17) is 0 Å². The predicted octanol–water partition coefficient (Wildman–Crippen LogP) is 0.332. The summed E-state index contributed by atoms with van der Waals surface area (Å²) < 4.78 is 0. The highest BCUT2D eigenvalue weighted by molar-refractivity contribution is 6.84. The number of hydrogen-bond acceptors (Lipinski definition) is 2. The fraction of sp³-hybridized carbons (Fsp3) is 0.0909. The monoisotopic (exact) mass is 215 g/mol. The van der Waals surface area contributed by atoms with Gasteiger partial charge in [-0.15, -0.1) is 6.58 Å². The number of aromatic amines is 1. The highest BCUT2D eigenvalue weighted by Gasteiger charge is 2.17. The van der Waals surface area contributed by atoms with Gasteiger partial charge >= 0.3 is 0 Å². The summed E-state index contributed by atoms with van der Waals surface area (Å²) in [5.41, 5.74) is 0.959. The van der Waals surface area contributed by atoms with E-state index in [0.29, 0.717) is 0 Å².